The lowest BCUT2D eigenvalue weighted by Crippen LogP contribution is -2.23. The Hall–Kier alpha value is -0.870. The van der Waals surface area contributed by atoms with E-state index in [-0.39, 0.29) is 15.8 Å². The maximum absolute atomic E-state index is 12.6. The molecule has 1 aliphatic carbocycles. The van der Waals surface area contributed by atoms with Gasteiger partial charge < -0.3 is 5.11 Å². The third-order valence-corrected chi connectivity index (χ3v) is 6.20. The fraction of sp³-hybridized carbons (Fsp3) is 0.533. The van der Waals surface area contributed by atoms with Gasteiger partial charge in [-0.1, -0.05) is 24.9 Å². The minimum absolute atomic E-state index is 0.0276. The van der Waals surface area contributed by atoms with E-state index in [1.54, 1.807) is 6.07 Å². The molecule has 0 aromatic heterocycles. The maximum Gasteiger partial charge on any atom is 0.337 e. The number of carboxylic acid groups (broad SMARTS) is 1. The van der Waals surface area contributed by atoms with Gasteiger partial charge >= 0.3 is 5.97 Å². The van der Waals surface area contributed by atoms with Gasteiger partial charge in [-0.05, 0) is 49.8 Å². The summed E-state index contributed by atoms with van der Waals surface area (Å²) in [4.78, 5) is 11.6. The highest BCUT2D eigenvalue weighted by molar-refractivity contribution is 7.85. The Balaban J connectivity index is 2.14. The van der Waals surface area contributed by atoms with Gasteiger partial charge in [-0.3, -0.25) is 4.21 Å². The van der Waals surface area contributed by atoms with Crippen molar-refractivity contribution in [3.8, 4) is 0 Å². The average molecular weight is 315 g/mol. The zero-order valence-corrected chi connectivity index (χ0v) is 13.0. The third-order valence-electron chi connectivity index (χ3n) is 4.07. The van der Waals surface area contributed by atoms with Crippen molar-refractivity contribution in [3.63, 3.8) is 0 Å². The van der Waals surface area contributed by atoms with Gasteiger partial charge in [-0.25, -0.2) is 4.79 Å². The molecule has 0 saturated heterocycles. The standard InChI is InChI=1S/C15H19ClO3S/c1-2-10-3-5-11(6-4-10)20(19)12-7-8-14(16)13(9-12)15(17)18/h7-11H,2-6H2,1H3,(H,17,18). The predicted molar refractivity (Wildman–Crippen MR) is 80.9 cm³/mol. The van der Waals surface area contributed by atoms with Crippen molar-refractivity contribution in [1.82, 2.24) is 0 Å². The molecule has 0 spiro atoms. The summed E-state index contributed by atoms with van der Waals surface area (Å²) in [6.07, 6.45) is 5.33. The maximum atomic E-state index is 12.6. The summed E-state index contributed by atoms with van der Waals surface area (Å²) in [5.41, 5.74) is 0.0276. The van der Waals surface area contributed by atoms with Crippen LogP contribution in [0.15, 0.2) is 23.1 Å². The summed E-state index contributed by atoms with van der Waals surface area (Å²) in [6, 6.07) is 4.65. The minimum atomic E-state index is -1.14. The number of aromatic carboxylic acids is 1. The summed E-state index contributed by atoms with van der Waals surface area (Å²) in [5, 5.41) is 9.39. The quantitative estimate of drug-likeness (QED) is 0.909. The molecular formula is C15H19ClO3S. The molecule has 1 unspecified atom stereocenters. The van der Waals surface area contributed by atoms with Crippen molar-refractivity contribution < 1.29 is 14.1 Å². The van der Waals surface area contributed by atoms with Gasteiger partial charge in [0.25, 0.3) is 0 Å². The summed E-state index contributed by atoms with van der Waals surface area (Å²) in [7, 11) is -1.14. The van der Waals surface area contributed by atoms with Gasteiger partial charge in [0.05, 0.1) is 21.4 Å². The number of halogens is 1. The highest BCUT2D eigenvalue weighted by atomic mass is 35.5. The first kappa shape index (κ1) is 15.5. The van der Waals surface area contributed by atoms with Crippen LogP contribution in [-0.2, 0) is 10.8 Å². The zero-order chi connectivity index (χ0) is 14.7. The van der Waals surface area contributed by atoms with Gasteiger partial charge in [-0.15, -0.1) is 0 Å². The van der Waals surface area contributed by atoms with Gasteiger partial charge in [-0.2, -0.15) is 0 Å². The lowest BCUT2D eigenvalue weighted by atomic mass is 9.87. The van der Waals surface area contributed by atoms with E-state index in [0.717, 1.165) is 31.6 Å². The first-order valence-corrected chi connectivity index (χ1v) is 8.55. The largest absolute Gasteiger partial charge is 0.478 e. The number of rotatable bonds is 4. The van der Waals surface area contributed by atoms with Crippen LogP contribution >= 0.6 is 11.6 Å². The molecule has 0 amide bonds. The number of carboxylic acids is 1. The summed E-state index contributed by atoms with van der Waals surface area (Å²) >= 11 is 5.84. The Morgan fingerprint density at radius 3 is 2.55 bits per heavy atom. The monoisotopic (exact) mass is 314 g/mol. The van der Waals surface area contributed by atoms with E-state index < -0.39 is 16.8 Å². The molecule has 0 radical (unpaired) electrons. The zero-order valence-electron chi connectivity index (χ0n) is 11.5. The molecule has 3 nitrogen and oxygen atoms in total. The van der Waals surface area contributed by atoms with Crippen molar-refractivity contribution in [1.29, 1.82) is 0 Å². The molecule has 0 heterocycles. The van der Waals surface area contributed by atoms with Crippen LogP contribution in [0.1, 0.15) is 49.4 Å². The second-order valence-corrected chi connectivity index (χ2v) is 7.44. The van der Waals surface area contributed by atoms with E-state index in [2.05, 4.69) is 6.92 Å². The minimum Gasteiger partial charge on any atom is -0.478 e. The van der Waals surface area contributed by atoms with Gasteiger partial charge in [0.15, 0.2) is 0 Å². The third kappa shape index (κ3) is 3.41. The normalized spacial score (nSPS) is 24.3. The van der Waals surface area contributed by atoms with E-state index in [1.807, 2.05) is 0 Å². The molecule has 20 heavy (non-hydrogen) atoms. The predicted octanol–water partition coefficient (Wildman–Crippen LogP) is 4.11. The van der Waals surface area contributed by atoms with E-state index in [1.165, 1.54) is 18.6 Å². The topological polar surface area (TPSA) is 54.4 Å². The van der Waals surface area contributed by atoms with Crippen LogP contribution in [0, 0.1) is 5.92 Å². The van der Waals surface area contributed by atoms with Crippen LogP contribution in [0.25, 0.3) is 0 Å². The van der Waals surface area contributed by atoms with Crippen molar-refractivity contribution in [2.24, 2.45) is 5.92 Å². The van der Waals surface area contributed by atoms with E-state index >= 15 is 0 Å². The number of hydrogen-bond donors (Lipinski definition) is 1. The Morgan fingerprint density at radius 2 is 2.00 bits per heavy atom. The second-order valence-electron chi connectivity index (χ2n) is 5.30. The fourth-order valence-electron chi connectivity index (χ4n) is 2.74. The molecule has 0 aliphatic heterocycles. The second kappa shape index (κ2) is 6.72. The summed E-state index contributed by atoms with van der Waals surface area (Å²) in [6.45, 7) is 2.19. The Labute approximate surface area is 126 Å². The average Bonchev–Trinajstić information content (AvgIpc) is 2.47. The smallest absolute Gasteiger partial charge is 0.337 e. The molecule has 1 atom stereocenters. The molecule has 110 valence electrons. The molecule has 1 saturated carbocycles. The van der Waals surface area contributed by atoms with Gasteiger partial charge in [0.2, 0.25) is 0 Å². The molecule has 2 rings (SSSR count). The molecule has 1 aromatic rings. The fourth-order valence-corrected chi connectivity index (χ4v) is 4.46. The Bertz CT molecular complexity index is 522. The van der Waals surface area contributed by atoms with Crippen LogP contribution < -0.4 is 0 Å². The van der Waals surface area contributed by atoms with Crippen LogP contribution in [0.5, 0.6) is 0 Å². The number of benzene rings is 1. The van der Waals surface area contributed by atoms with E-state index in [4.69, 9.17) is 16.7 Å². The van der Waals surface area contributed by atoms with Gasteiger partial charge in [0.1, 0.15) is 0 Å². The number of hydrogen-bond acceptors (Lipinski definition) is 2. The van der Waals surface area contributed by atoms with Crippen LogP contribution in [0.3, 0.4) is 0 Å². The van der Waals surface area contributed by atoms with Crippen LogP contribution in [0.2, 0.25) is 5.02 Å². The first-order valence-electron chi connectivity index (χ1n) is 6.96. The van der Waals surface area contributed by atoms with Crippen LogP contribution in [-0.4, -0.2) is 20.5 Å². The Morgan fingerprint density at radius 1 is 1.35 bits per heavy atom. The highest BCUT2D eigenvalue weighted by Gasteiger charge is 2.26. The molecule has 1 fully saturated rings. The first-order chi connectivity index (χ1) is 9.52. The molecule has 1 aromatic carbocycles. The van der Waals surface area contributed by atoms with E-state index in [0.29, 0.717) is 4.90 Å². The molecule has 5 heteroatoms. The lowest BCUT2D eigenvalue weighted by Gasteiger charge is -2.27. The van der Waals surface area contributed by atoms with Crippen molar-refractivity contribution in [2.75, 3.05) is 0 Å². The molecule has 1 aliphatic rings. The Kier molecular flexibility index (Phi) is 5.22. The van der Waals surface area contributed by atoms with E-state index in [9.17, 15) is 9.00 Å². The van der Waals surface area contributed by atoms with Crippen LogP contribution in [0.4, 0.5) is 0 Å². The molecule has 0 bridgehead atoms. The number of carbonyl (C=O) groups is 1. The van der Waals surface area contributed by atoms with Gasteiger partial charge in [0, 0.05) is 10.1 Å². The lowest BCUT2D eigenvalue weighted by molar-refractivity contribution is 0.0697. The summed E-state index contributed by atoms with van der Waals surface area (Å²) in [5.74, 6) is -0.327. The molecule has 1 N–H and O–H groups in total. The van der Waals surface area contributed by atoms with Crippen molar-refractivity contribution >= 4 is 28.4 Å². The summed E-state index contributed by atoms with van der Waals surface area (Å²) < 4.78 is 12.6. The van der Waals surface area contributed by atoms with Crippen molar-refractivity contribution in [3.05, 3.63) is 28.8 Å². The molecular weight excluding hydrogens is 296 g/mol. The van der Waals surface area contributed by atoms with Crippen molar-refractivity contribution in [2.45, 2.75) is 49.2 Å². The highest BCUT2D eigenvalue weighted by Crippen LogP contribution is 2.32. The SMILES string of the molecule is CCC1CCC(S(=O)c2ccc(Cl)c(C(=O)O)c2)CC1.